The van der Waals surface area contributed by atoms with Crippen molar-refractivity contribution in [2.75, 3.05) is 19.7 Å². The van der Waals surface area contributed by atoms with Crippen LogP contribution >= 0.6 is 0 Å². The van der Waals surface area contributed by atoms with E-state index >= 15 is 0 Å². The molecule has 2 aliphatic rings. The molecule has 2 nitrogen and oxygen atoms in total. The third kappa shape index (κ3) is 2.29. The Morgan fingerprint density at radius 2 is 2.29 bits per heavy atom. The van der Waals surface area contributed by atoms with E-state index in [4.69, 9.17) is 4.74 Å². The van der Waals surface area contributed by atoms with E-state index in [-0.39, 0.29) is 0 Å². The second-order valence-corrected chi connectivity index (χ2v) is 4.98. The maximum absolute atomic E-state index is 5.64. The normalized spacial score (nSPS) is 30.2. The first-order valence-corrected chi connectivity index (χ1v) is 6.17. The molecule has 2 aliphatic heterocycles. The molecule has 0 amide bonds. The topological polar surface area (TPSA) is 21.3 Å². The Labute approximate surface area is 87.4 Å². The maximum atomic E-state index is 5.64. The highest BCUT2D eigenvalue weighted by Crippen LogP contribution is 2.33. The largest absolute Gasteiger partial charge is 0.378 e. The molecule has 2 heterocycles. The van der Waals surface area contributed by atoms with E-state index in [2.05, 4.69) is 12.2 Å². The number of nitrogens with one attached hydrogen (secondary N) is 1. The molecule has 1 N–H and O–H groups in total. The lowest BCUT2D eigenvalue weighted by molar-refractivity contribution is 0.0883. The predicted molar refractivity (Wildman–Crippen MR) is 58.4 cm³/mol. The number of hydrogen-bond donors (Lipinski definition) is 1. The Morgan fingerprint density at radius 3 is 2.79 bits per heavy atom. The molecule has 0 radical (unpaired) electrons. The van der Waals surface area contributed by atoms with Crippen molar-refractivity contribution in [1.29, 1.82) is 0 Å². The molecular weight excluding hydrogens is 174 g/mol. The van der Waals surface area contributed by atoms with Crippen LogP contribution in [0.4, 0.5) is 0 Å². The van der Waals surface area contributed by atoms with E-state index in [1.165, 1.54) is 51.6 Å². The molecular formula is C12H23NO. The first kappa shape index (κ1) is 10.4. The second kappa shape index (κ2) is 4.63. The van der Waals surface area contributed by atoms with Gasteiger partial charge in [-0.3, -0.25) is 0 Å². The molecule has 1 atom stereocenters. The summed E-state index contributed by atoms with van der Waals surface area (Å²) in [6.45, 7) is 5.82. The molecule has 0 saturated carbocycles. The van der Waals surface area contributed by atoms with Gasteiger partial charge in [-0.1, -0.05) is 13.3 Å². The number of rotatable bonds is 5. The molecule has 0 spiro atoms. The van der Waals surface area contributed by atoms with Crippen LogP contribution in [0.3, 0.4) is 0 Å². The molecule has 14 heavy (non-hydrogen) atoms. The molecule has 0 aromatic heterocycles. The summed E-state index contributed by atoms with van der Waals surface area (Å²) in [5.41, 5.74) is 0.651. The van der Waals surface area contributed by atoms with Gasteiger partial charge in [0.2, 0.25) is 0 Å². The molecule has 82 valence electrons. The van der Waals surface area contributed by atoms with Gasteiger partial charge < -0.3 is 10.1 Å². The Kier molecular flexibility index (Phi) is 3.45. The fraction of sp³-hybridized carbons (Fsp3) is 1.00. The third-order valence-electron chi connectivity index (χ3n) is 4.01. The number of hydrogen-bond acceptors (Lipinski definition) is 2. The minimum absolute atomic E-state index is 0.594. The van der Waals surface area contributed by atoms with Crippen molar-refractivity contribution >= 4 is 0 Å². The van der Waals surface area contributed by atoms with Crippen molar-refractivity contribution in [2.45, 2.75) is 51.6 Å². The Bertz CT molecular complexity index is 166. The van der Waals surface area contributed by atoms with Gasteiger partial charge in [0.05, 0.1) is 6.10 Å². The van der Waals surface area contributed by atoms with Gasteiger partial charge in [-0.05, 0) is 37.5 Å². The summed E-state index contributed by atoms with van der Waals surface area (Å²) in [6, 6.07) is 0. The Morgan fingerprint density at radius 1 is 1.43 bits per heavy atom. The smallest absolute Gasteiger partial charge is 0.0576 e. The lowest BCUT2D eigenvalue weighted by Crippen LogP contribution is -2.52. The lowest BCUT2D eigenvalue weighted by Gasteiger charge is -2.42. The first-order chi connectivity index (χ1) is 6.85. The molecule has 2 rings (SSSR count). The van der Waals surface area contributed by atoms with Crippen molar-refractivity contribution in [2.24, 2.45) is 5.41 Å². The van der Waals surface area contributed by atoms with Crippen LogP contribution in [-0.4, -0.2) is 25.8 Å². The van der Waals surface area contributed by atoms with Crippen molar-refractivity contribution in [1.82, 2.24) is 5.32 Å². The Hall–Kier alpha value is -0.0800. The molecule has 0 aromatic carbocycles. The van der Waals surface area contributed by atoms with Gasteiger partial charge in [-0.25, -0.2) is 0 Å². The Balaban J connectivity index is 1.61. The van der Waals surface area contributed by atoms with E-state index in [1.807, 2.05) is 0 Å². The van der Waals surface area contributed by atoms with Crippen LogP contribution in [0.25, 0.3) is 0 Å². The van der Waals surface area contributed by atoms with Crippen LogP contribution in [0.1, 0.15) is 45.4 Å². The summed E-state index contributed by atoms with van der Waals surface area (Å²) in [4.78, 5) is 0. The molecule has 2 fully saturated rings. The van der Waals surface area contributed by atoms with Gasteiger partial charge in [0.1, 0.15) is 0 Å². The van der Waals surface area contributed by atoms with Gasteiger partial charge in [0.25, 0.3) is 0 Å². The van der Waals surface area contributed by atoms with Crippen LogP contribution in [0.2, 0.25) is 0 Å². The SMILES string of the molecule is CCC1(CCCC2CCCO2)CNC1. The van der Waals surface area contributed by atoms with Gasteiger partial charge in [-0.15, -0.1) is 0 Å². The fourth-order valence-corrected chi connectivity index (χ4v) is 2.66. The molecule has 2 saturated heterocycles. The highest BCUT2D eigenvalue weighted by atomic mass is 16.5. The summed E-state index contributed by atoms with van der Waals surface area (Å²) in [5.74, 6) is 0. The van der Waals surface area contributed by atoms with E-state index in [1.54, 1.807) is 0 Å². The van der Waals surface area contributed by atoms with Crippen LogP contribution in [0.15, 0.2) is 0 Å². The zero-order chi connectivity index (χ0) is 9.86. The van der Waals surface area contributed by atoms with Crippen molar-refractivity contribution in [3.05, 3.63) is 0 Å². The highest BCUT2D eigenvalue weighted by molar-refractivity contribution is 4.91. The maximum Gasteiger partial charge on any atom is 0.0576 e. The molecule has 0 aromatic rings. The van der Waals surface area contributed by atoms with Crippen LogP contribution in [0.5, 0.6) is 0 Å². The van der Waals surface area contributed by atoms with E-state index in [0.717, 1.165) is 6.61 Å². The average molecular weight is 197 g/mol. The minimum atomic E-state index is 0.594. The zero-order valence-electron chi connectivity index (χ0n) is 9.35. The summed E-state index contributed by atoms with van der Waals surface area (Å²) in [5, 5.41) is 3.40. The average Bonchev–Trinajstić information content (AvgIpc) is 2.62. The minimum Gasteiger partial charge on any atom is -0.378 e. The third-order valence-corrected chi connectivity index (χ3v) is 4.01. The summed E-state index contributed by atoms with van der Waals surface area (Å²) in [6.07, 6.45) is 8.57. The van der Waals surface area contributed by atoms with E-state index < -0.39 is 0 Å². The number of ether oxygens (including phenoxy) is 1. The van der Waals surface area contributed by atoms with E-state index in [0.29, 0.717) is 11.5 Å². The second-order valence-electron chi connectivity index (χ2n) is 4.98. The predicted octanol–water partition coefficient (Wildman–Crippen LogP) is 2.34. The first-order valence-electron chi connectivity index (χ1n) is 6.17. The summed E-state index contributed by atoms with van der Waals surface area (Å²) < 4.78 is 5.64. The molecule has 0 aliphatic carbocycles. The van der Waals surface area contributed by atoms with Gasteiger partial charge in [-0.2, -0.15) is 0 Å². The summed E-state index contributed by atoms with van der Waals surface area (Å²) >= 11 is 0. The van der Waals surface area contributed by atoms with Gasteiger partial charge in [0.15, 0.2) is 0 Å². The zero-order valence-corrected chi connectivity index (χ0v) is 9.35. The highest BCUT2D eigenvalue weighted by Gasteiger charge is 2.34. The fourth-order valence-electron chi connectivity index (χ4n) is 2.66. The van der Waals surface area contributed by atoms with Crippen molar-refractivity contribution in [3.8, 4) is 0 Å². The van der Waals surface area contributed by atoms with Crippen LogP contribution in [-0.2, 0) is 4.74 Å². The lowest BCUT2D eigenvalue weighted by atomic mass is 9.75. The van der Waals surface area contributed by atoms with Gasteiger partial charge >= 0.3 is 0 Å². The van der Waals surface area contributed by atoms with Crippen LogP contribution < -0.4 is 5.32 Å². The van der Waals surface area contributed by atoms with Gasteiger partial charge in [0, 0.05) is 19.7 Å². The molecule has 2 heteroatoms. The monoisotopic (exact) mass is 197 g/mol. The summed E-state index contributed by atoms with van der Waals surface area (Å²) in [7, 11) is 0. The van der Waals surface area contributed by atoms with Crippen molar-refractivity contribution in [3.63, 3.8) is 0 Å². The molecule has 0 bridgehead atoms. The van der Waals surface area contributed by atoms with Crippen LogP contribution in [0, 0.1) is 5.41 Å². The molecule has 1 unspecified atom stereocenters. The quantitative estimate of drug-likeness (QED) is 0.730. The van der Waals surface area contributed by atoms with E-state index in [9.17, 15) is 0 Å². The van der Waals surface area contributed by atoms with Crippen molar-refractivity contribution < 1.29 is 4.74 Å². The standard InChI is InChI=1S/C12H23NO/c1-2-12(9-13-10-12)7-3-5-11-6-4-8-14-11/h11,13H,2-10H2,1H3.